The minimum Gasteiger partial charge on any atom is -0.496 e. The topological polar surface area (TPSA) is 120 Å². The summed E-state index contributed by atoms with van der Waals surface area (Å²) in [5.74, 6) is -1.49. The van der Waals surface area contributed by atoms with Crippen LogP contribution in [0.15, 0.2) is 30.3 Å². The number of benzene rings is 2. The summed E-state index contributed by atoms with van der Waals surface area (Å²) >= 11 is 5.90. The van der Waals surface area contributed by atoms with Gasteiger partial charge in [-0.1, -0.05) is 29.3 Å². The lowest BCUT2D eigenvalue weighted by Gasteiger charge is -2.11. The Hall–Kier alpha value is -3.26. The maximum atomic E-state index is 12.2. The van der Waals surface area contributed by atoms with Gasteiger partial charge in [-0.2, -0.15) is 0 Å². The molecule has 2 aromatic rings. The lowest BCUT2D eigenvalue weighted by Crippen LogP contribution is -2.37. The van der Waals surface area contributed by atoms with Crippen molar-refractivity contribution in [2.24, 2.45) is 0 Å². The van der Waals surface area contributed by atoms with E-state index in [9.17, 15) is 14.4 Å². The molecule has 0 spiro atoms. The van der Waals surface area contributed by atoms with Gasteiger partial charge in [-0.25, -0.2) is 9.59 Å². The molecule has 9 heteroatoms. The van der Waals surface area contributed by atoms with Crippen LogP contribution in [-0.2, 0) is 9.53 Å². The van der Waals surface area contributed by atoms with Crippen LogP contribution in [0, 0.1) is 13.8 Å². The second-order valence-electron chi connectivity index (χ2n) is 5.97. The van der Waals surface area contributed by atoms with E-state index in [2.05, 4.69) is 10.6 Å². The Balaban J connectivity index is 1.92. The zero-order chi connectivity index (χ0) is 20.8. The molecule has 28 heavy (non-hydrogen) atoms. The molecule has 0 radical (unpaired) electrons. The smallest absolute Gasteiger partial charge is 0.342 e. The molecule has 0 unspecified atom stereocenters. The zero-order valence-corrected chi connectivity index (χ0v) is 16.3. The number of ether oxygens (including phenoxy) is 2. The van der Waals surface area contributed by atoms with Gasteiger partial charge in [0.15, 0.2) is 6.61 Å². The average molecular weight is 406 g/mol. The van der Waals surface area contributed by atoms with Crippen LogP contribution in [0.1, 0.15) is 21.5 Å². The van der Waals surface area contributed by atoms with Gasteiger partial charge in [0, 0.05) is 11.8 Å². The molecule has 148 valence electrons. The Morgan fingerprint density at radius 1 is 1.14 bits per heavy atom. The normalized spacial score (nSPS) is 10.1. The Bertz CT molecular complexity index is 930. The zero-order valence-electron chi connectivity index (χ0n) is 15.6. The molecule has 0 atom stereocenters. The van der Waals surface area contributed by atoms with Gasteiger partial charge >= 0.3 is 12.0 Å². The van der Waals surface area contributed by atoms with Crippen molar-refractivity contribution in [1.29, 1.82) is 0 Å². The highest BCUT2D eigenvalue weighted by atomic mass is 35.5. The number of carbonyl (C=O) groups is 3. The number of nitrogens with one attached hydrogen (secondary N) is 2. The fourth-order valence-electron chi connectivity index (χ4n) is 2.38. The Labute approximate surface area is 166 Å². The molecular weight excluding hydrogens is 386 g/mol. The largest absolute Gasteiger partial charge is 0.496 e. The molecule has 0 saturated heterocycles. The van der Waals surface area contributed by atoms with Crippen LogP contribution in [0.3, 0.4) is 0 Å². The van der Waals surface area contributed by atoms with Crippen LogP contribution in [-0.4, -0.2) is 31.6 Å². The number of amides is 3. The maximum absolute atomic E-state index is 12.2. The number of esters is 1. The number of halogens is 1. The van der Waals surface area contributed by atoms with Gasteiger partial charge in [0.1, 0.15) is 11.3 Å². The Kier molecular flexibility index (Phi) is 6.84. The summed E-state index contributed by atoms with van der Waals surface area (Å²) in [5.41, 5.74) is 8.35. The monoisotopic (exact) mass is 405 g/mol. The van der Waals surface area contributed by atoms with Gasteiger partial charge in [-0.05, 0) is 31.5 Å². The number of rotatable bonds is 5. The van der Waals surface area contributed by atoms with E-state index in [4.69, 9.17) is 26.8 Å². The molecule has 0 saturated carbocycles. The van der Waals surface area contributed by atoms with Crippen molar-refractivity contribution in [3.05, 3.63) is 52.0 Å². The van der Waals surface area contributed by atoms with E-state index in [-0.39, 0.29) is 22.0 Å². The molecule has 0 aliphatic heterocycles. The van der Waals surface area contributed by atoms with Gasteiger partial charge < -0.3 is 20.5 Å². The first-order valence-electron chi connectivity index (χ1n) is 8.19. The number of nitrogen functional groups attached to an aromatic ring is 1. The fourth-order valence-corrected chi connectivity index (χ4v) is 2.54. The first kappa shape index (κ1) is 21.0. The van der Waals surface area contributed by atoms with E-state index < -0.39 is 24.5 Å². The van der Waals surface area contributed by atoms with E-state index in [1.807, 2.05) is 26.0 Å². The predicted molar refractivity (Wildman–Crippen MR) is 106 cm³/mol. The highest BCUT2D eigenvalue weighted by Crippen LogP contribution is 2.29. The van der Waals surface area contributed by atoms with Crippen LogP contribution in [0.25, 0.3) is 0 Å². The lowest BCUT2D eigenvalue weighted by atomic mass is 10.1. The highest BCUT2D eigenvalue weighted by molar-refractivity contribution is 6.33. The second kappa shape index (κ2) is 9.09. The number of aryl methyl sites for hydroxylation is 2. The number of urea groups is 1. The Morgan fingerprint density at radius 3 is 2.50 bits per heavy atom. The summed E-state index contributed by atoms with van der Waals surface area (Å²) in [7, 11) is 1.35. The van der Waals surface area contributed by atoms with Crippen LogP contribution < -0.4 is 21.1 Å². The van der Waals surface area contributed by atoms with E-state index in [0.717, 1.165) is 11.1 Å². The summed E-state index contributed by atoms with van der Waals surface area (Å²) in [5, 5.41) is 4.78. The fraction of sp³-hybridized carbons (Fsp3) is 0.211. The van der Waals surface area contributed by atoms with Crippen molar-refractivity contribution in [3.8, 4) is 5.75 Å². The number of methoxy groups -OCH3 is 1. The van der Waals surface area contributed by atoms with E-state index >= 15 is 0 Å². The molecule has 0 bridgehead atoms. The molecule has 0 aromatic heterocycles. The number of nitrogens with two attached hydrogens (primary N) is 1. The Morgan fingerprint density at radius 2 is 1.86 bits per heavy atom. The number of carbonyl (C=O) groups excluding carboxylic acids is 3. The average Bonchev–Trinajstić information content (AvgIpc) is 2.63. The third-order valence-corrected chi connectivity index (χ3v) is 4.08. The quantitative estimate of drug-likeness (QED) is 0.519. The molecule has 2 aromatic carbocycles. The molecule has 8 nitrogen and oxygen atoms in total. The summed E-state index contributed by atoms with van der Waals surface area (Å²) in [6.07, 6.45) is 0. The summed E-state index contributed by atoms with van der Waals surface area (Å²) < 4.78 is 9.96. The molecule has 3 amide bonds. The summed E-state index contributed by atoms with van der Waals surface area (Å²) in [6, 6.07) is 7.37. The van der Waals surface area contributed by atoms with E-state index in [1.54, 1.807) is 6.07 Å². The van der Waals surface area contributed by atoms with Crippen molar-refractivity contribution < 1.29 is 23.9 Å². The van der Waals surface area contributed by atoms with Crippen molar-refractivity contribution in [2.45, 2.75) is 13.8 Å². The molecule has 0 fully saturated rings. The highest BCUT2D eigenvalue weighted by Gasteiger charge is 2.18. The number of imide groups is 1. The number of hydrogen-bond acceptors (Lipinski definition) is 6. The SMILES string of the molecule is COc1cc(N)c(Cl)cc1C(=O)OCC(=O)NC(=O)Nc1ccc(C)cc1C. The second-order valence-corrected chi connectivity index (χ2v) is 6.38. The van der Waals surface area contributed by atoms with Crippen LogP contribution in [0.5, 0.6) is 5.75 Å². The van der Waals surface area contributed by atoms with Crippen molar-refractivity contribution in [2.75, 3.05) is 24.8 Å². The van der Waals surface area contributed by atoms with Gasteiger partial charge in [-0.3, -0.25) is 10.1 Å². The number of anilines is 2. The van der Waals surface area contributed by atoms with Gasteiger partial charge in [0.05, 0.1) is 17.8 Å². The minimum absolute atomic E-state index is 0.00855. The van der Waals surface area contributed by atoms with Crippen molar-refractivity contribution in [1.82, 2.24) is 5.32 Å². The first-order chi connectivity index (χ1) is 13.2. The molecule has 2 rings (SSSR count). The summed E-state index contributed by atoms with van der Waals surface area (Å²) in [6.45, 7) is 3.10. The molecule has 0 aliphatic carbocycles. The van der Waals surface area contributed by atoms with E-state index in [1.165, 1.54) is 19.2 Å². The van der Waals surface area contributed by atoms with Gasteiger partial charge in [0.2, 0.25) is 0 Å². The van der Waals surface area contributed by atoms with Gasteiger partial charge in [0.25, 0.3) is 5.91 Å². The van der Waals surface area contributed by atoms with Crippen LogP contribution >= 0.6 is 11.6 Å². The standard InChI is InChI=1S/C19H20ClN3O5/c1-10-4-5-15(11(2)6-10)22-19(26)23-17(24)9-28-18(25)12-7-13(20)14(21)8-16(12)27-3/h4-8H,9,21H2,1-3H3,(H2,22,23,24,26). The number of hydrogen-bond donors (Lipinski definition) is 3. The maximum Gasteiger partial charge on any atom is 0.342 e. The van der Waals surface area contributed by atoms with E-state index in [0.29, 0.717) is 5.69 Å². The van der Waals surface area contributed by atoms with Crippen molar-refractivity contribution >= 4 is 40.9 Å². The molecule has 0 aliphatic rings. The third kappa shape index (κ3) is 5.37. The molecular formula is C19H20ClN3O5. The van der Waals surface area contributed by atoms with Crippen LogP contribution in [0.4, 0.5) is 16.2 Å². The van der Waals surface area contributed by atoms with Gasteiger partial charge in [-0.15, -0.1) is 0 Å². The third-order valence-electron chi connectivity index (χ3n) is 3.76. The minimum atomic E-state index is -0.844. The molecule has 4 N–H and O–H groups in total. The van der Waals surface area contributed by atoms with Crippen molar-refractivity contribution in [3.63, 3.8) is 0 Å². The molecule has 0 heterocycles. The lowest BCUT2D eigenvalue weighted by molar-refractivity contribution is -0.123. The van der Waals surface area contributed by atoms with Crippen LogP contribution in [0.2, 0.25) is 5.02 Å². The predicted octanol–water partition coefficient (Wildman–Crippen LogP) is 3.05. The first-order valence-corrected chi connectivity index (χ1v) is 8.57. The summed E-state index contributed by atoms with van der Waals surface area (Å²) in [4.78, 5) is 36.0.